The molecule has 0 saturated heterocycles. The number of hydrogen-bond acceptors (Lipinski definition) is 3. The van der Waals surface area contributed by atoms with Crippen LogP contribution in [0.5, 0.6) is 0 Å². The zero-order valence-corrected chi connectivity index (χ0v) is 11.1. The first-order chi connectivity index (χ1) is 9.03. The highest BCUT2D eigenvalue weighted by molar-refractivity contribution is 7.92. The van der Waals surface area contributed by atoms with Gasteiger partial charge in [0.2, 0.25) is 0 Å². The van der Waals surface area contributed by atoms with Gasteiger partial charge in [0.15, 0.2) is 0 Å². The number of hydrogen-bond donors (Lipinski definition) is 1. The van der Waals surface area contributed by atoms with Crippen molar-refractivity contribution in [1.82, 2.24) is 0 Å². The largest absolute Gasteiger partial charge is 0.280 e. The molecule has 0 aliphatic carbocycles. The Morgan fingerprint density at radius 3 is 2.42 bits per heavy atom. The standard InChI is InChI=1S/C14H12N2O2S/c1-11-7-8-14(9-12(11)10-15)19(17,18)16-13-5-3-2-4-6-13/h2-9,16H,1H3. The molecule has 2 aromatic rings. The minimum atomic E-state index is -3.66. The molecule has 0 aromatic heterocycles. The van der Waals surface area contributed by atoms with Gasteiger partial charge < -0.3 is 0 Å². The number of aryl methyl sites for hydroxylation is 1. The molecule has 0 amide bonds. The summed E-state index contributed by atoms with van der Waals surface area (Å²) < 4.78 is 26.8. The summed E-state index contributed by atoms with van der Waals surface area (Å²) in [6, 6.07) is 15.1. The second-order valence-corrected chi connectivity index (χ2v) is 5.74. The molecular weight excluding hydrogens is 260 g/mol. The van der Waals surface area contributed by atoms with Crippen LogP contribution in [0.4, 0.5) is 5.69 Å². The lowest BCUT2D eigenvalue weighted by Crippen LogP contribution is -2.13. The molecule has 0 aliphatic heterocycles. The molecule has 5 heteroatoms. The highest BCUT2D eigenvalue weighted by atomic mass is 32.2. The van der Waals surface area contributed by atoms with E-state index in [1.165, 1.54) is 12.1 Å². The summed E-state index contributed by atoms with van der Waals surface area (Å²) in [6.45, 7) is 1.76. The Labute approximate surface area is 112 Å². The van der Waals surface area contributed by atoms with Crippen molar-refractivity contribution in [3.05, 3.63) is 59.7 Å². The first kappa shape index (κ1) is 13.1. The Morgan fingerprint density at radius 1 is 1.11 bits per heavy atom. The van der Waals surface area contributed by atoms with Crippen LogP contribution in [0.1, 0.15) is 11.1 Å². The van der Waals surface area contributed by atoms with Crippen LogP contribution >= 0.6 is 0 Å². The van der Waals surface area contributed by atoms with Crippen LogP contribution in [0.15, 0.2) is 53.4 Å². The van der Waals surface area contributed by atoms with Crippen LogP contribution in [0.25, 0.3) is 0 Å². The van der Waals surface area contributed by atoms with Crippen LogP contribution in [0.3, 0.4) is 0 Å². The third kappa shape index (κ3) is 2.92. The molecule has 4 nitrogen and oxygen atoms in total. The van der Waals surface area contributed by atoms with E-state index in [0.717, 1.165) is 5.56 Å². The van der Waals surface area contributed by atoms with Crippen LogP contribution in [0, 0.1) is 18.3 Å². The van der Waals surface area contributed by atoms with Gasteiger partial charge in [0.25, 0.3) is 10.0 Å². The lowest BCUT2D eigenvalue weighted by Gasteiger charge is -2.08. The third-order valence-electron chi connectivity index (χ3n) is 2.67. The van der Waals surface area contributed by atoms with Gasteiger partial charge in [0.05, 0.1) is 16.5 Å². The van der Waals surface area contributed by atoms with Crippen molar-refractivity contribution < 1.29 is 8.42 Å². The fourth-order valence-electron chi connectivity index (χ4n) is 1.61. The van der Waals surface area contributed by atoms with Crippen molar-refractivity contribution in [3.63, 3.8) is 0 Å². The Morgan fingerprint density at radius 2 is 1.79 bits per heavy atom. The monoisotopic (exact) mass is 272 g/mol. The molecule has 0 fully saturated rings. The van der Waals surface area contributed by atoms with E-state index in [4.69, 9.17) is 5.26 Å². The maximum absolute atomic E-state index is 12.2. The molecule has 0 heterocycles. The molecule has 2 aromatic carbocycles. The summed E-state index contributed by atoms with van der Waals surface area (Å²) in [7, 11) is -3.66. The maximum atomic E-state index is 12.2. The Balaban J connectivity index is 2.38. The van der Waals surface area contributed by atoms with Crippen molar-refractivity contribution >= 4 is 15.7 Å². The number of para-hydroxylation sites is 1. The van der Waals surface area contributed by atoms with E-state index in [-0.39, 0.29) is 4.90 Å². The first-order valence-electron chi connectivity index (χ1n) is 5.61. The van der Waals surface area contributed by atoms with Crippen molar-refractivity contribution in [3.8, 4) is 6.07 Å². The number of anilines is 1. The van der Waals surface area contributed by atoms with Gasteiger partial charge in [-0.3, -0.25) is 4.72 Å². The maximum Gasteiger partial charge on any atom is 0.261 e. The van der Waals surface area contributed by atoms with E-state index >= 15 is 0 Å². The molecular formula is C14H12N2O2S. The zero-order chi connectivity index (χ0) is 13.9. The molecule has 0 radical (unpaired) electrons. The lowest BCUT2D eigenvalue weighted by molar-refractivity contribution is 0.601. The topological polar surface area (TPSA) is 70.0 Å². The second kappa shape index (κ2) is 5.12. The van der Waals surface area contributed by atoms with Crippen LogP contribution < -0.4 is 4.72 Å². The van der Waals surface area contributed by atoms with E-state index < -0.39 is 10.0 Å². The summed E-state index contributed by atoms with van der Waals surface area (Å²) in [5.74, 6) is 0. The van der Waals surface area contributed by atoms with E-state index in [0.29, 0.717) is 11.3 Å². The summed E-state index contributed by atoms with van der Waals surface area (Å²) in [6.07, 6.45) is 0. The fraction of sp³-hybridized carbons (Fsp3) is 0.0714. The summed E-state index contributed by atoms with van der Waals surface area (Å²) in [4.78, 5) is 0.0819. The summed E-state index contributed by atoms with van der Waals surface area (Å²) in [5.41, 5.74) is 1.60. The van der Waals surface area contributed by atoms with Crippen molar-refractivity contribution in [2.75, 3.05) is 4.72 Å². The van der Waals surface area contributed by atoms with Gasteiger partial charge in [0.1, 0.15) is 0 Å². The highest BCUT2D eigenvalue weighted by Gasteiger charge is 2.15. The predicted molar refractivity (Wildman–Crippen MR) is 73.1 cm³/mol. The smallest absolute Gasteiger partial charge is 0.261 e. The Bertz CT molecular complexity index is 732. The van der Waals surface area contributed by atoms with Crippen molar-refractivity contribution in [1.29, 1.82) is 5.26 Å². The van der Waals surface area contributed by atoms with Gasteiger partial charge in [-0.1, -0.05) is 24.3 Å². The second-order valence-electron chi connectivity index (χ2n) is 4.06. The molecule has 0 atom stereocenters. The Hall–Kier alpha value is -2.32. The van der Waals surface area contributed by atoms with Crippen LogP contribution in [-0.2, 0) is 10.0 Å². The number of sulfonamides is 1. The predicted octanol–water partition coefficient (Wildman–Crippen LogP) is 2.67. The van der Waals surface area contributed by atoms with E-state index in [1.807, 2.05) is 6.07 Å². The number of nitrogens with zero attached hydrogens (tertiary/aromatic N) is 1. The molecule has 0 bridgehead atoms. The Kier molecular flexibility index (Phi) is 3.54. The fourth-order valence-corrected chi connectivity index (χ4v) is 2.69. The molecule has 1 N–H and O–H groups in total. The molecule has 0 unspecified atom stereocenters. The SMILES string of the molecule is Cc1ccc(S(=O)(=O)Nc2ccccc2)cc1C#N. The number of benzene rings is 2. The molecule has 2 rings (SSSR count). The van der Waals surface area contributed by atoms with Gasteiger partial charge in [-0.25, -0.2) is 8.42 Å². The highest BCUT2D eigenvalue weighted by Crippen LogP contribution is 2.18. The van der Waals surface area contributed by atoms with Gasteiger partial charge in [-0.2, -0.15) is 5.26 Å². The van der Waals surface area contributed by atoms with Crippen LogP contribution in [-0.4, -0.2) is 8.42 Å². The van der Waals surface area contributed by atoms with E-state index in [2.05, 4.69) is 4.72 Å². The molecule has 0 aliphatic rings. The third-order valence-corrected chi connectivity index (χ3v) is 4.04. The summed E-state index contributed by atoms with van der Waals surface area (Å²) >= 11 is 0. The van der Waals surface area contributed by atoms with E-state index in [9.17, 15) is 8.42 Å². The first-order valence-corrected chi connectivity index (χ1v) is 7.10. The van der Waals surface area contributed by atoms with Gasteiger partial charge in [-0.05, 0) is 36.8 Å². The average molecular weight is 272 g/mol. The number of rotatable bonds is 3. The normalized spacial score (nSPS) is 10.7. The minimum Gasteiger partial charge on any atom is -0.280 e. The molecule has 19 heavy (non-hydrogen) atoms. The number of nitrogens with one attached hydrogen (secondary N) is 1. The molecule has 0 spiro atoms. The van der Waals surface area contributed by atoms with Gasteiger partial charge in [-0.15, -0.1) is 0 Å². The van der Waals surface area contributed by atoms with Crippen LogP contribution in [0.2, 0.25) is 0 Å². The van der Waals surface area contributed by atoms with Crippen molar-refractivity contribution in [2.45, 2.75) is 11.8 Å². The average Bonchev–Trinajstić information content (AvgIpc) is 2.39. The molecule has 0 saturated carbocycles. The summed E-state index contributed by atoms with van der Waals surface area (Å²) in [5, 5.41) is 8.93. The minimum absolute atomic E-state index is 0.0819. The number of nitriles is 1. The lowest BCUT2D eigenvalue weighted by atomic mass is 10.1. The van der Waals surface area contributed by atoms with E-state index in [1.54, 1.807) is 43.3 Å². The van der Waals surface area contributed by atoms with Gasteiger partial charge in [0, 0.05) is 5.69 Å². The zero-order valence-electron chi connectivity index (χ0n) is 10.3. The van der Waals surface area contributed by atoms with Gasteiger partial charge >= 0.3 is 0 Å². The van der Waals surface area contributed by atoms with Crippen molar-refractivity contribution in [2.24, 2.45) is 0 Å². The molecule has 96 valence electrons. The quantitative estimate of drug-likeness (QED) is 0.933.